The van der Waals surface area contributed by atoms with E-state index in [2.05, 4.69) is 5.32 Å². The lowest BCUT2D eigenvalue weighted by atomic mass is 10.0. The van der Waals surface area contributed by atoms with Gasteiger partial charge in [-0.1, -0.05) is 6.42 Å². The minimum absolute atomic E-state index is 0.0484. The van der Waals surface area contributed by atoms with Gasteiger partial charge < -0.3 is 10.1 Å². The first-order valence-corrected chi connectivity index (χ1v) is 10.6. The summed E-state index contributed by atoms with van der Waals surface area (Å²) < 4.78 is 45.7. The largest absolute Gasteiger partial charge is 0.497 e. The minimum atomic E-state index is -3.71. The van der Waals surface area contributed by atoms with Gasteiger partial charge in [-0.2, -0.15) is 4.31 Å². The average Bonchev–Trinajstić information content (AvgIpc) is 2.70. The van der Waals surface area contributed by atoms with Crippen LogP contribution in [0.15, 0.2) is 53.4 Å². The molecule has 0 saturated carbocycles. The van der Waals surface area contributed by atoms with Gasteiger partial charge in [-0.3, -0.25) is 4.79 Å². The van der Waals surface area contributed by atoms with Crippen LogP contribution >= 0.6 is 0 Å². The van der Waals surface area contributed by atoms with Crippen LogP contribution in [0.2, 0.25) is 0 Å². The smallest absolute Gasteiger partial charge is 0.243 e. The van der Waals surface area contributed by atoms with Crippen molar-refractivity contribution >= 4 is 21.6 Å². The van der Waals surface area contributed by atoms with E-state index in [0.29, 0.717) is 24.4 Å². The molecule has 0 spiro atoms. The van der Waals surface area contributed by atoms with E-state index in [0.717, 1.165) is 12.8 Å². The molecule has 150 valence electrons. The van der Waals surface area contributed by atoms with Crippen molar-refractivity contribution in [2.75, 3.05) is 19.0 Å². The summed E-state index contributed by atoms with van der Waals surface area (Å²) in [5.41, 5.74) is 0.478. The second-order valence-corrected chi connectivity index (χ2v) is 8.59. The van der Waals surface area contributed by atoms with Crippen molar-refractivity contribution < 1.29 is 22.3 Å². The maximum atomic E-state index is 13.1. The minimum Gasteiger partial charge on any atom is -0.497 e. The number of halogens is 1. The summed E-state index contributed by atoms with van der Waals surface area (Å²) in [6.45, 7) is 0.378. The normalized spacial score (nSPS) is 17.9. The van der Waals surface area contributed by atoms with Crippen LogP contribution in [-0.4, -0.2) is 38.3 Å². The van der Waals surface area contributed by atoms with Gasteiger partial charge >= 0.3 is 0 Å². The van der Waals surface area contributed by atoms with Crippen LogP contribution < -0.4 is 10.1 Å². The second-order valence-electron chi connectivity index (χ2n) is 6.70. The van der Waals surface area contributed by atoms with Crippen molar-refractivity contribution in [1.82, 2.24) is 4.31 Å². The molecule has 0 aromatic heterocycles. The fraction of sp³-hybridized carbons (Fsp3) is 0.350. The van der Waals surface area contributed by atoms with Gasteiger partial charge in [0.2, 0.25) is 15.9 Å². The van der Waals surface area contributed by atoms with Gasteiger partial charge in [0, 0.05) is 24.7 Å². The topological polar surface area (TPSA) is 75.7 Å². The molecule has 0 aliphatic carbocycles. The Labute approximate surface area is 164 Å². The zero-order valence-corrected chi connectivity index (χ0v) is 16.4. The number of nitrogens with zero attached hydrogens (tertiary/aromatic N) is 1. The molecule has 3 rings (SSSR count). The second kappa shape index (κ2) is 8.70. The maximum Gasteiger partial charge on any atom is 0.243 e. The fourth-order valence-corrected chi connectivity index (χ4v) is 5.03. The fourth-order valence-electron chi connectivity index (χ4n) is 3.34. The van der Waals surface area contributed by atoms with E-state index < -0.39 is 16.1 Å². The number of sulfonamides is 1. The molecule has 1 N–H and O–H groups in total. The molecule has 1 unspecified atom stereocenters. The number of benzene rings is 2. The van der Waals surface area contributed by atoms with Crippen molar-refractivity contribution in [1.29, 1.82) is 0 Å². The van der Waals surface area contributed by atoms with E-state index >= 15 is 0 Å². The Kier molecular flexibility index (Phi) is 6.31. The number of carbonyl (C=O) groups excluding carboxylic acids is 1. The van der Waals surface area contributed by atoms with E-state index in [1.165, 1.54) is 47.8 Å². The van der Waals surface area contributed by atoms with E-state index in [-0.39, 0.29) is 23.0 Å². The van der Waals surface area contributed by atoms with Crippen LogP contribution in [0.4, 0.5) is 10.1 Å². The number of amides is 1. The maximum absolute atomic E-state index is 13.1. The number of rotatable bonds is 6. The van der Waals surface area contributed by atoms with E-state index in [1.54, 1.807) is 12.1 Å². The SMILES string of the molecule is COc1ccc(S(=O)(=O)N2CCCCC2CC(=O)Nc2ccc(F)cc2)cc1. The summed E-state index contributed by atoms with van der Waals surface area (Å²) in [7, 11) is -2.19. The highest BCUT2D eigenvalue weighted by Crippen LogP contribution is 2.28. The standard InChI is InChI=1S/C20H23FN2O4S/c1-27-18-9-11-19(12-10-18)28(25,26)23-13-3-2-4-17(23)14-20(24)22-16-7-5-15(21)6-8-16/h5-12,17H,2-4,13-14H2,1H3,(H,22,24). The van der Waals surface area contributed by atoms with Gasteiger partial charge in [0.1, 0.15) is 11.6 Å². The van der Waals surface area contributed by atoms with Crippen LogP contribution in [0.3, 0.4) is 0 Å². The van der Waals surface area contributed by atoms with E-state index in [9.17, 15) is 17.6 Å². The Hall–Kier alpha value is -2.45. The third-order valence-electron chi connectivity index (χ3n) is 4.79. The van der Waals surface area contributed by atoms with Gasteiger partial charge in [0.15, 0.2) is 0 Å². The lowest BCUT2D eigenvalue weighted by Gasteiger charge is -2.34. The van der Waals surface area contributed by atoms with Gasteiger partial charge in [-0.05, 0) is 61.4 Å². The van der Waals surface area contributed by atoms with Crippen molar-refractivity contribution in [2.45, 2.75) is 36.6 Å². The van der Waals surface area contributed by atoms with Crippen LogP contribution in [0.25, 0.3) is 0 Å². The highest BCUT2D eigenvalue weighted by Gasteiger charge is 2.34. The molecule has 1 atom stereocenters. The Balaban J connectivity index is 1.73. The summed E-state index contributed by atoms with van der Waals surface area (Å²) in [6.07, 6.45) is 2.29. The van der Waals surface area contributed by atoms with Crippen molar-refractivity contribution in [3.05, 3.63) is 54.3 Å². The van der Waals surface area contributed by atoms with Gasteiger partial charge in [-0.25, -0.2) is 12.8 Å². The summed E-state index contributed by atoms with van der Waals surface area (Å²) in [4.78, 5) is 12.6. The Morgan fingerprint density at radius 1 is 1.14 bits per heavy atom. The van der Waals surface area contributed by atoms with Crippen molar-refractivity contribution in [2.24, 2.45) is 0 Å². The number of nitrogens with one attached hydrogen (secondary N) is 1. The van der Waals surface area contributed by atoms with E-state index in [4.69, 9.17) is 4.74 Å². The number of hydrogen-bond acceptors (Lipinski definition) is 4. The highest BCUT2D eigenvalue weighted by molar-refractivity contribution is 7.89. The molecule has 1 amide bonds. The number of hydrogen-bond donors (Lipinski definition) is 1. The number of piperidine rings is 1. The first kappa shape index (κ1) is 20.3. The molecular weight excluding hydrogens is 383 g/mol. The Bertz CT molecular complexity index is 914. The zero-order chi connectivity index (χ0) is 20.1. The van der Waals surface area contributed by atoms with Crippen LogP contribution in [0.1, 0.15) is 25.7 Å². The lowest BCUT2D eigenvalue weighted by molar-refractivity contribution is -0.117. The first-order chi connectivity index (χ1) is 13.4. The first-order valence-electron chi connectivity index (χ1n) is 9.11. The molecule has 1 fully saturated rings. The molecule has 8 heteroatoms. The molecule has 0 bridgehead atoms. The molecular formula is C20H23FN2O4S. The molecule has 2 aromatic carbocycles. The number of anilines is 1. The molecule has 6 nitrogen and oxygen atoms in total. The van der Waals surface area contributed by atoms with Crippen LogP contribution in [-0.2, 0) is 14.8 Å². The summed E-state index contributed by atoms with van der Waals surface area (Å²) in [5.74, 6) is -0.108. The third-order valence-corrected chi connectivity index (χ3v) is 6.75. The predicted molar refractivity (Wildman–Crippen MR) is 104 cm³/mol. The lowest BCUT2D eigenvalue weighted by Crippen LogP contribution is -2.45. The van der Waals surface area contributed by atoms with E-state index in [1.807, 2.05) is 0 Å². The molecule has 1 saturated heterocycles. The third kappa shape index (κ3) is 4.69. The molecule has 1 aliphatic rings. The molecule has 1 aliphatic heterocycles. The Morgan fingerprint density at radius 3 is 2.46 bits per heavy atom. The average molecular weight is 406 g/mol. The summed E-state index contributed by atoms with van der Waals surface area (Å²) in [5, 5.41) is 2.70. The summed E-state index contributed by atoms with van der Waals surface area (Å²) >= 11 is 0. The molecule has 2 aromatic rings. The zero-order valence-electron chi connectivity index (χ0n) is 15.6. The Morgan fingerprint density at radius 2 is 1.82 bits per heavy atom. The van der Waals surface area contributed by atoms with Crippen LogP contribution in [0.5, 0.6) is 5.75 Å². The van der Waals surface area contributed by atoms with Crippen molar-refractivity contribution in [3.63, 3.8) is 0 Å². The van der Waals surface area contributed by atoms with Gasteiger partial charge in [0.05, 0.1) is 12.0 Å². The molecule has 28 heavy (non-hydrogen) atoms. The number of carbonyl (C=O) groups is 1. The molecule has 0 radical (unpaired) electrons. The van der Waals surface area contributed by atoms with Crippen molar-refractivity contribution in [3.8, 4) is 5.75 Å². The number of ether oxygens (including phenoxy) is 1. The predicted octanol–water partition coefficient (Wildman–Crippen LogP) is 3.41. The quantitative estimate of drug-likeness (QED) is 0.798. The molecule has 1 heterocycles. The monoisotopic (exact) mass is 406 g/mol. The summed E-state index contributed by atoms with van der Waals surface area (Å²) in [6, 6.07) is 11.3. The van der Waals surface area contributed by atoms with Gasteiger partial charge in [-0.15, -0.1) is 0 Å². The highest BCUT2D eigenvalue weighted by atomic mass is 32.2. The van der Waals surface area contributed by atoms with Gasteiger partial charge in [0.25, 0.3) is 0 Å². The van der Waals surface area contributed by atoms with Crippen LogP contribution in [0, 0.1) is 5.82 Å². The number of methoxy groups -OCH3 is 1.